The number of urea groups is 1. The Morgan fingerprint density at radius 2 is 1.77 bits per heavy atom. The van der Waals surface area contributed by atoms with Gasteiger partial charge in [-0.2, -0.15) is 0 Å². The van der Waals surface area contributed by atoms with Gasteiger partial charge in [0.05, 0.1) is 18.2 Å². The Kier molecular flexibility index (Phi) is 6.45. The highest BCUT2D eigenvalue weighted by molar-refractivity contribution is 5.95. The molecule has 1 unspecified atom stereocenters. The predicted octanol–water partition coefficient (Wildman–Crippen LogP) is 4.92. The number of hydrogen-bond donors (Lipinski definition) is 2. The molecule has 1 atom stereocenters. The summed E-state index contributed by atoms with van der Waals surface area (Å²) in [5.74, 6) is 1.26. The van der Waals surface area contributed by atoms with Crippen molar-refractivity contribution in [3.63, 3.8) is 0 Å². The predicted molar refractivity (Wildman–Crippen MR) is 115 cm³/mol. The van der Waals surface area contributed by atoms with Gasteiger partial charge in [0.2, 0.25) is 0 Å². The van der Waals surface area contributed by atoms with E-state index in [0.717, 1.165) is 22.4 Å². The van der Waals surface area contributed by atoms with Gasteiger partial charge in [-0.25, -0.2) is 9.59 Å². The summed E-state index contributed by atoms with van der Waals surface area (Å²) in [4.78, 5) is 24.7. The van der Waals surface area contributed by atoms with Crippen LogP contribution in [-0.2, 0) is 9.53 Å². The number of esters is 1. The number of carbonyl (C=O) groups excluding carboxylic acids is 2. The molecule has 158 valence electrons. The fourth-order valence-electron chi connectivity index (χ4n) is 3.21. The Morgan fingerprint density at radius 3 is 2.43 bits per heavy atom. The van der Waals surface area contributed by atoms with Crippen LogP contribution in [0.15, 0.2) is 53.7 Å². The van der Waals surface area contributed by atoms with E-state index in [1.54, 1.807) is 6.92 Å². The molecule has 2 aromatic rings. The normalized spacial score (nSPS) is 16.2. The first kappa shape index (κ1) is 21.4. The summed E-state index contributed by atoms with van der Waals surface area (Å²) in [5, 5.41) is 5.48. The fraction of sp³-hybridized carbons (Fsp3) is 0.333. The molecule has 0 saturated heterocycles. The minimum Gasteiger partial charge on any atom is -0.462 e. The van der Waals surface area contributed by atoms with E-state index in [9.17, 15) is 9.59 Å². The first-order valence-corrected chi connectivity index (χ1v) is 10.0. The molecular weight excluding hydrogens is 380 g/mol. The van der Waals surface area contributed by atoms with Crippen molar-refractivity contribution in [2.45, 2.75) is 40.7 Å². The second kappa shape index (κ2) is 9.03. The summed E-state index contributed by atoms with van der Waals surface area (Å²) in [5.41, 5.74) is 3.83. The van der Waals surface area contributed by atoms with Crippen LogP contribution in [0.3, 0.4) is 0 Å². The zero-order chi connectivity index (χ0) is 21.8. The monoisotopic (exact) mass is 408 g/mol. The molecule has 6 nitrogen and oxygen atoms in total. The maximum atomic E-state index is 12.7. The van der Waals surface area contributed by atoms with Crippen LogP contribution in [0, 0.1) is 19.8 Å². The Labute approximate surface area is 177 Å². The van der Waals surface area contributed by atoms with Crippen LogP contribution in [0.1, 0.15) is 43.5 Å². The van der Waals surface area contributed by atoms with E-state index in [2.05, 4.69) is 10.6 Å². The third kappa shape index (κ3) is 5.00. The van der Waals surface area contributed by atoms with Gasteiger partial charge in [0, 0.05) is 5.70 Å². The van der Waals surface area contributed by atoms with Gasteiger partial charge in [-0.05, 0) is 61.6 Å². The Morgan fingerprint density at radius 1 is 1.07 bits per heavy atom. The molecule has 0 aromatic heterocycles. The molecule has 1 aliphatic rings. The van der Waals surface area contributed by atoms with E-state index >= 15 is 0 Å². The van der Waals surface area contributed by atoms with Crippen LogP contribution in [0.25, 0.3) is 0 Å². The van der Waals surface area contributed by atoms with Gasteiger partial charge in [-0.1, -0.05) is 38.1 Å². The van der Waals surface area contributed by atoms with Crippen LogP contribution in [0.4, 0.5) is 4.79 Å². The molecule has 0 bridgehead atoms. The summed E-state index contributed by atoms with van der Waals surface area (Å²) in [6.07, 6.45) is 0. The average molecular weight is 408 g/mol. The lowest BCUT2D eigenvalue weighted by Gasteiger charge is -2.28. The smallest absolute Gasteiger partial charge is 0.338 e. The van der Waals surface area contributed by atoms with Crippen molar-refractivity contribution in [3.05, 3.63) is 70.4 Å². The van der Waals surface area contributed by atoms with Gasteiger partial charge in [0.25, 0.3) is 0 Å². The molecule has 0 fully saturated rings. The molecular formula is C24H28N2O4. The third-order valence-electron chi connectivity index (χ3n) is 4.82. The first-order valence-electron chi connectivity index (χ1n) is 10.0. The van der Waals surface area contributed by atoms with E-state index in [1.165, 1.54) is 0 Å². The minimum absolute atomic E-state index is 0.223. The second-order valence-electron chi connectivity index (χ2n) is 8.00. The summed E-state index contributed by atoms with van der Waals surface area (Å²) in [6.45, 7) is 9.98. The van der Waals surface area contributed by atoms with E-state index in [4.69, 9.17) is 9.47 Å². The van der Waals surface area contributed by atoms with E-state index < -0.39 is 12.0 Å². The van der Waals surface area contributed by atoms with Crippen molar-refractivity contribution >= 4 is 12.0 Å². The Balaban J connectivity index is 1.83. The molecule has 2 aromatic carbocycles. The van der Waals surface area contributed by atoms with Crippen molar-refractivity contribution in [3.8, 4) is 11.5 Å². The van der Waals surface area contributed by atoms with Crippen molar-refractivity contribution in [2.75, 3.05) is 6.61 Å². The molecule has 3 rings (SSSR count). The molecule has 0 radical (unpaired) electrons. The highest BCUT2D eigenvalue weighted by atomic mass is 16.5. The van der Waals surface area contributed by atoms with Crippen LogP contribution in [0.5, 0.6) is 11.5 Å². The number of aryl methyl sites for hydroxylation is 2. The number of benzene rings is 2. The van der Waals surface area contributed by atoms with Gasteiger partial charge in [0.1, 0.15) is 11.5 Å². The molecule has 30 heavy (non-hydrogen) atoms. The highest BCUT2D eigenvalue weighted by Crippen LogP contribution is 2.31. The highest BCUT2D eigenvalue weighted by Gasteiger charge is 2.32. The Bertz CT molecular complexity index is 977. The number of hydrogen-bond acceptors (Lipinski definition) is 4. The lowest BCUT2D eigenvalue weighted by Crippen LogP contribution is -2.45. The molecule has 0 aliphatic carbocycles. The summed E-state index contributed by atoms with van der Waals surface area (Å²) < 4.78 is 11.4. The van der Waals surface area contributed by atoms with Crippen LogP contribution in [0.2, 0.25) is 0 Å². The van der Waals surface area contributed by atoms with Crippen molar-refractivity contribution in [1.82, 2.24) is 10.6 Å². The van der Waals surface area contributed by atoms with Crippen molar-refractivity contribution in [1.29, 1.82) is 0 Å². The van der Waals surface area contributed by atoms with Gasteiger partial charge in [-0.3, -0.25) is 0 Å². The molecule has 2 N–H and O–H groups in total. The summed E-state index contributed by atoms with van der Waals surface area (Å²) >= 11 is 0. The molecule has 0 saturated carbocycles. The number of nitrogens with one attached hydrogen (secondary N) is 2. The van der Waals surface area contributed by atoms with Crippen LogP contribution in [-0.4, -0.2) is 18.6 Å². The first-order chi connectivity index (χ1) is 14.2. The molecule has 2 amide bonds. The zero-order valence-electron chi connectivity index (χ0n) is 18.0. The lowest BCUT2D eigenvalue weighted by molar-refractivity contribution is -0.140. The maximum Gasteiger partial charge on any atom is 0.338 e. The fourth-order valence-corrected chi connectivity index (χ4v) is 3.21. The molecule has 6 heteroatoms. The quantitative estimate of drug-likeness (QED) is 0.665. The number of rotatable bonds is 6. The van der Waals surface area contributed by atoms with Crippen LogP contribution >= 0.6 is 0 Å². The number of amides is 2. The molecule has 1 aliphatic heterocycles. The van der Waals surface area contributed by atoms with Gasteiger partial charge in [0.15, 0.2) is 0 Å². The van der Waals surface area contributed by atoms with Gasteiger partial charge < -0.3 is 20.1 Å². The maximum absolute atomic E-state index is 12.7. The van der Waals surface area contributed by atoms with E-state index in [1.807, 2.05) is 70.2 Å². The van der Waals surface area contributed by atoms with Gasteiger partial charge in [-0.15, -0.1) is 0 Å². The van der Waals surface area contributed by atoms with E-state index in [0.29, 0.717) is 23.6 Å². The number of ether oxygens (including phenoxy) is 2. The zero-order valence-corrected chi connectivity index (χ0v) is 18.0. The van der Waals surface area contributed by atoms with Crippen molar-refractivity contribution in [2.24, 2.45) is 5.92 Å². The standard InChI is InChI=1S/C24H28N2O4/c1-14(2)13-29-23(27)21-17(5)25-24(28)26-22(21)18-8-10-19(11-9-18)30-20-12-15(3)6-7-16(20)4/h6-12,14,22H,13H2,1-5H3,(H2,25,26,28). The lowest BCUT2D eigenvalue weighted by atomic mass is 9.95. The average Bonchev–Trinajstić information content (AvgIpc) is 2.69. The topological polar surface area (TPSA) is 76.7 Å². The van der Waals surface area contributed by atoms with E-state index in [-0.39, 0.29) is 11.9 Å². The second-order valence-corrected chi connectivity index (χ2v) is 8.00. The summed E-state index contributed by atoms with van der Waals surface area (Å²) in [7, 11) is 0. The summed E-state index contributed by atoms with van der Waals surface area (Å²) in [6, 6.07) is 12.5. The third-order valence-corrected chi connectivity index (χ3v) is 4.82. The number of allylic oxidation sites excluding steroid dienone is 1. The minimum atomic E-state index is -0.590. The van der Waals surface area contributed by atoms with Crippen LogP contribution < -0.4 is 15.4 Å². The SMILES string of the molecule is CC1=C(C(=O)OCC(C)C)C(c2ccc(Oc3cc(C)ccc3C)cc2)NC(=O)N1. The largest absolute Gasteiger partial charge is 0.462 e. The van der Waals surface area contributed by atoms with Crippen molar-refractivity contribution < 1.29 is 19.1 Å². The van der Waals surface area contributed by atoms with Gasteiger partial charge >= 0.3 is 12.0 Å². The molecule has 0 spiro atoms. The molecule has 1 heterocycles. The Hall–Kier alpha value is -3.28. The number of carbonyl (C=O) groups is 2.